The predicted molar refractivity (Wildman–Crippen MR) is 148 cm³/mol. The third-order valence-corrected chi connectivity index (χ3v) is 7.13. The largest absolute Gasteiger partial charge is 0.493 e. The lowest BCUT2D eigenvalue weighted by Gasteiger charge is -2.29. The van der Waals surface area contributed by atoms with Crippen LogP contribution in [-0.4, -0.2) is 35.6 Å². The third-order valence-electron chi connectivity index (χ3n) is 7.13. The average molecular weight is 527 g/mol. The fourth-order valence-electron chi connectivity index (χ4n) is 5.19. The molecule has 2 unspecified atom stereocenters. The lowest BCUT2D eigenvalue weighted by atomic mass is 10.0. The fourth-order valence-corrected chi connectivity index (χ4v) is 5.19. The maximum Gasteiger partial charge on any atom is 0.323 e. The van der Waals surface area contributed by atoms with Gasteiger partial charge in [0, 0.05) is 25.9 Å². The van der Waals surface area contributed by atoms with Gasteiger partial charge in [-0.1, -0.05) is 42.5 Å². The molecular formula is C32H34N2O5. The smallest absolute Gasteiger partial charge is 0.323 e. The highest BCUT2D eigenvalue weighted by atomic mass is 16.5. The first-order valence-corrected chi connectivity index (χ1v) is 13.3. The maximum atomic E-state index is 12.6. The summed E-state index contributed by atoms with van der Waals surface area (Å²) < 4.78 is 22.5. The first-order valence-electron chi connectivity index (χ1n) is 13.3. The van der Waals surface area contributed by atoms with Gasteiger partial charge in [0.05, 0.1) is 19.4 Å². The minimum atomic E-state index is -0.287. The molecule has 1 saturated heterocycles. The number of hydrogen-bond donors (Lipinski definition) is 0. The maximum absolute atomic E-state index is 12.6. The van der Waals surface area contributed by atoms with Crippen molar-refractivity contribution < 1.29 is 23.4 Å². The number of rotatable bonds is 10. The van der Waals surface area contributed by atoms with Crippen LogP contribution >= 0.6 is 0 Å². The second-order valence-electron chi connectivity index (χ2n) is 9.77. The SMILES string of the molecule is COC(=O)C1CCC(c2ccc(OCCc3nc(C)oc3C)cc2)N1Cc1ccc(Oc2ccccc2)cc1. The van der Waals surface area contributed by atoms with Gasteiger partial charge >= 0.3 is 5.97 Å². The summed E-state index contributed by atoms with van der Waals surface area (Å²) in [4.78, 5) is 19.3. The van der Waals surface area contributed by atoms with Crippen molar-refractivity contribution in [3.05, 3.63) is 107 Å². The Morgan fingerprint density at radius 1 is 0.923 bits per heavy atom. The number of aromatic nitrogens is 1. The van der Waals surface area contributed by atoms with Gasteiger partial charge in [-0.05, 0) is 67.3 Å². The monoisotopic (exact) mass is 526 g/mol. The van der Waals surface area contributed by atoms with E-state index in [1.807, 2.05) is 68.4 Å². The van der Waals surface area contributed by atoms with Crippen molar-refractivity contribution in [2.24, 2.45) is 0 Å². The van der Waals surface area contributed by atoms with E-state index in [4.69, 9.17) is 18.6 Å². The Labute approximate surface area is 229 Å². The zero-order chi connectivity index (χ0) is 27.2. The summed E-state index contributed by atoms with van der Waals surface area (Å²) in [5.41, 5.74) is 3.19. The molecule has 0 aliphatic carbocycles. The van der Waals surface area contributed by atoms with Gasteiger partial charge in [-0.15, -0.1) is 0 Å². The van der Waals surface area contributed by atoms with Gasteiger partial charge in [0.25, 0.3) is 0 Å². The summed E-state index contributed by atoms with van der Waals surface area (Å²) in [5.74, 6) is 3.70. The van der Waals surface area contributed by atoms with Crippen LogP contribution in [-0.2, 0) is 22.5 Å². The molecule has 1 aliphatic rings. The van der Waals surface area contributed by atoms with E-state index in [9.17, 15) is 4.79 Å². The minimum absolute atomic E-state index is 0.101. The van der Waals surface area contributed by atoms with E-state index in [1.165, 1.54) is 7.11 Å². The van der Waals surface area contributed by atoms with Crippen molar-refractivity contribution in [2.75, 3.05) is 13.7 Å². The number of para-hydroxylation sites is 1. The molecule has 5 rings (SSSR count). The first-order chi connectivity index (χ1) is 19.0. The third kappa shape index (κ3) is 6.49. The second kappa shape index (κ2) is 12.2. The number of esters is 1. The lowest BCUT2D eigenvalue weighted by Crippen LogP contribution is -2.37. The van der Waals surface area contributed by atoms with E-state index in [0.29, 0.717) is 25.5 Å². The molecule has 0 radical (unpaired) electrons. The molecule has 1 aromatic heterocycles. The average Bonchev–Trinajstić information content (AvgIpc) is 3.52. The molecule has 202 valence electrons. The number of nitrogens with zero attached hydrogens (tertiary/aromatic N) is 2. The van der Waals surface area contributed by atoms with Crippen LogP contribution in [0.3, 0.4) is 0 Å². The second-order valence-corrected chi connectivity index (χ2v) is 9.77. The number of aryl methyl sites for hydroxylation is 2. The zero-order valence-electron chi connectivity index (χ0n) is 22.6. The summed E-state index contributed by atoms with van der Waals surface area (Å²) in [5, 5.41) is 0. The Hall–Kier alpha value is -4.10. The number of ether oxygens (including phenoxy) is 3. The van der Waals surface area contributed by atoms with Gasteiger partial charge in [0.2, 0.25) is 0 Å². The summed E-state index contributed by atoms with van der Waals surface area (Å²) in [6.07, 6.45) is 2.32. The number of carbonyl (C=O) groups is 1. The fraction of sp³-hybridized carbons (Fsp3) is 0.312. The van der Waals surface area contributed by atoms with Crippen LogP contribution in [0, 0.1) is 13.8 Å². The van der Waals surface area contributed by atoms with Crippen LogP contribution in [0.4, 0.5) is 0 Å². The topological polar surface area (TPSA) is 74.0 Å². The summed E-state index contributed by atoms with van der Waals surface area (Å²) in [7, 11) is 1.46. The van der Waals surface area contributed by atoms with Crippen LogP contribution < -0.4 is 9.47 Å². The van der Waals surface area contributed by atoms with Gasteiger partial charge < -0.3 is 18.6 Å². The van der Waals surface area contributed by atoms with E-state index in [-0.39, 0.29) is 18.1 Å². The highest BCUT2D eigenvalue weighted by Crippen LogP contribution is 2.38. The quantitative estimate of drug-likeness (QED) is 0.216. The molecule has 7 nitrogen and oxygen atoms in total. The van der Waals surface area contributed by atoms with Crippen molar-refractivity contribution >= 4 is 5.97 Å². The zero-order valence-corrected chi connectivity index (χ0v) is 22.6. The van der Waals surface area contributed by atoms with Gasteiger partial charge in [-0.25, -0.2) is 4.98 Å². The Kier molecular flexibility index (Phi) is 8.27. The van der Waals surface area contributed by atoms with E-state index in [2.05, 4.69) is 34.1 Å². The lowest BCUT2D eigenvalue weighted by molar-refractivity contribution is -0.146. The number of hydrogen-bond acceptors (Lipinski definition) is 7. The molecular weight excluding hydrogens is 492 g/mol. The van der Waals surface area contributed by atoms with Crippen LogP contribution in [0.2, 0.25) is 0 Å². The summed E-state index contributed by atoms with van der Waals surface area (Å²) >= 11 is 0. The number of oxazole rings is 1. The highest BCUT2D eigenvalue weighted by Gasteiger charge is 2.39. The van der Waals surface area contributed by atoms with Gasteiger partial charge in [0.15, 0.2) is 5.89 Å². The Bertz CT molecular complexity index is 1370. The molecule has 2 heterocycles. The Balaban J connectivity index is 1.24. The number of methoxy groups -OCH3 is 1. The van der Waals surface area contributed by atoms with E-state index < -0.39 is 0 Å². The molecule has 2 atom stereocenters. The van der Waals surface area contributed by atoms with Crippen LogP contribution in [0.25, 0.3) is 0 Å². The van der Waals surface area contributed by atoms with Gasteiger partial charge in [0.1, 0.15) is 29.1 Å². The van der Waals surface area contributed by atoms with E-state index in [0.717, 1.165) is 52.7 Å². The van der Waals surface area contributed by atoms with Crippen LogP contribution in [0.5, 0.6) is 17.2 Å². The van der Waals surface area contributed by atoms with Crippen molar-refractivity contribution in [2.45, 2.75) is 51.7 Å². The number of likely N-dealkylation sites (tertiary alicyclic amines) is 1. The van der Waals surface area contributed by atoms with Gasteiger partial charge in [-0.3, -0.25) is 9.69 Å². The van der Waals surface area contributed by atoms with Crippen molar-refractivity contribution in [3.8, 4) is 17.2 Å². The molecule has 1 aliphatic heterocycles. The normalized spacial score (nSPS) is 17.2. The van der Waals surface area contributed by atoms with E-state index in [1.54, 1.807) is 0 Å². The summed E-state index contributed by atoms with van der Waals surface area (Å²) in [6.45, 7) is 4.93. The highest BCUT2D eigenvalue weighted by molar-refractivity contribution is 5.76. The first kappa shape index (κ1) is 26.5. The molecule has 0 N–H and O–H groups in total. The molecule has 0 spiro atoms. The molecule has 7 heteroatoms. The van der Waals surface area contributed by atoms with E-state index >= 15 is 0 Å². The number of carbonyl (C=O) groups excluding carboxylic acids is 1. The van der Waals surface area contributed by atoms with Crippen LogP contribution in [0.15, 0.2) is 83.3 Å². The van der Waals surface area contributed by atoms with Crippen molar-refractivity contribution in [3.63, 3.8) is 0 Å². The summed E-state index contributed by atoms with van der Waals surface area (Å²) in [6, 6.07) is 25.7. The minimum Gasteiger partial charge on any atom is -0.493 e. The standard InChI is InChI=1S/C32H34N2O5/c1-22-29(33-23(2)38-22)19-20-37-26-15-11-25(12-16-26)30-17-18-31(32(35)36-3)34(30)21-24-9-13-28(14-10-24)39-27-7-5-4-6-8-27/h4-16,30-31H,17-21H2,1-3H3. The molecule has 0 saturated carbocycles. The molecule has 39 heavy (non-hydrogen) atoms. The van der Waals surface area contributed by atoms with Crippen LogP contribution in [0.1, 0.15) is 47.4 Å². The molecule has 0 amide bonds. The molecule has 0 bridgehead atoms. The number of benzene rings is 3. The predicted octanol–water partition coefficient (Wildman–Crippen LogP) is 6.58. The Morgan fingerprint density at radius 3 is 2.28 bits per heavy atom. The molecule has 4 aromatic rings. The van der Waals surface area contributed by atoms with Gasteiger partial charge in [-0.2, -0.15) is 0 Å². The Morgan fingerprint density at radius 2 is 1.62 bits per heavy atom. The van der Waals surface area contributed by atoms with Crippen molar-refractivity contribution in [1.29, 1.82) is 0 Å². The molecule has 3 aromatic carbocycles. The van der Waals surface area contributed by atoms with Crippen molar-refractivity contribution in [1.82, 2.24) is 9.88 Å². The molecule has 1 fully saturated rings.